The first-order valence-corrected chi connectivity index (χ1v) is 7.71. The van der Waals surface area contributed by atoms with Gasteiger partial charge in [-0.2, -0.15) is 0 Å². The molecule has 1 aliphatic heterocycles. The van der Waals surface area contributed by atoms with Crippen LogP contribution in [0.1, 0.15) is 33.3 Å². The monoisotopic (exact) mass is 308 g/mol. The van der Waals surface area contributed by atoms with Crippen LogP contribution in [0.15, 0.2) is 24.3 Å². The van der Waals surface area contributed by atoms with Crippen LogP contribution >= 0.6 is 0 Å². The van der Waals surface area contributed by atoms with Crippen LogP contribution in [-0.2, 0) is 11.3 Å². The van der Waals surface area contributed by atoms with Crippen molar-refractivity contribution in [3.63, 3.8) is 0 Å². The quantitative estimate of drug-likeness (QED) is 0.840. The zero-order valence-corrected chi connectivity index (χ0v) is 13.8. The summed E-state index contributed by atoms with van der Waals surface area (Å²) in [6, 6.07) is 6.88. The lowest BCUT2D eigenvalue weighted by atomic mass is 10.1. The normalized spacial score (nSPS) is 20.0. The Morgan fingerprint density at radius 2 is 2.09 bits per heavy atom. The number of carbonyl (C=O) groups is 1. The Kier molecular flexibility index (Phi) is 5.06. The summed E-state index contributed by atoms with van der Waals surface area (Å²) in [5.41, 5.74) is 0.483. The minimum atomic E-state index is -0.473. The van der Waals surface area contributed by atoms with E-state index in [-0.39, 0.29) is 18.0 Å². The van der Waals surface area contributed by atoms with Gasteiger partial charge in [0.05, 0.1) is 0 Å². The number of hydrogen-bond donors (Lipinski definition) is 0. The molecule has 0 saturated carbocycles. The van der Waals surface area contributed by atoms with E-state index in [1.54, 1.807) is 17.0 Å². The predicted octanol–water partition coefficient (Wildman–Crippen LogP) is 3.27. The van der Waals surface area contributed by atoms with Gasteiger partial charge in [-0.15, -0.1) is 0 Å². The van der Waals surface area contributed by atoms with Gasteiger partial charge >= 0.3 is 6.09 Å². The molecule has 1 aromatic carbocycles. The molecule has 1 aliphatic rings. The molecule has 0 spiro atoms. The maximum absolute atomic E-state index is 13.3. The third-order valence-electron chi connectivity index (χ3n) is 3.69. The largest absolute Gasteiger partial charge is 0.444 e. The predicted molar refractivity (Wildman–Crippen MR) is 84.1 cm³/mol. The summed E-state index contributed by atoms with van der Waals surface area (Å²) in [7, 11) is 0. The van der Waals surface area contributed by atoms with Gasteiger partial charge in [0.15, 0.2) is 0 Å². The summed E-state index contributed by atoms with van der Waals surface area (Å²) in [5, 5.41) is 0. The number of nitrogens with zero attached hydrogens (tertiary/aromatic N) is 2. The van der Waals surface area contributed by atoms with Gasteiger partial charge in [-0.25, -0.2) is 9.18 Å². The van der Waals surface area contributed by atoms with E-state index in [9.17, 15) is 9.18 Å². The van der Waals surface area contributed by atoms with Gasteiger partial charge in [-0.3, -0.25) is 4.90 Å². The third-order valence-corrected chi connectivity index (χ3v) is 3.69. The molecule has 122 valence electrons. The summed E-state index contributed by atoms with van der Waals surface area (Å²) in [4.78, 5) is 16.1. The summed E-state index contributed by atoms with van der Waals surface area (Å²) in [6.07, 6.45) is -0.259. The number of benzene rings is 1. The molecule has 4 nitrogen and oxygen atoms in total. The molecule has 1 fully saturated rings. The highest BCUT2D eigenvalue weighted by Gasteiger charge is 2.29. The first kappa shape index (κ1) is 16.7. The van der Waals surface area contributed by atoms with Crippen LogP contribution in [0.4, 0.5) is 9.18 Å². The zero-order chi connectivity index (χ0) is 16.3. The fourth-order valence-corrected chi connectivity index (χ4v) is 2.59. The fraction of sp³-hybridized carbons (Fsp3) is 0.588. The highest BCUT2D eigenvalue weighted by molar-refractivity contribution is 5.68. The van der Waals surface area contributed by atoms with Crippen molar-refractivity contribution in [2.45, 2.75) is 45.9 Å². The summed E-state index contributed by atoms with van der Waals surface area (Å²) < 4.78 is 18.7. The molecule has 1 saturated heterocycles. The van der Waals surface area contributed by atoms with E-state index in [4.69, 9.17) is 4.74 Å². The molecular weight excluding hydrogens is 283 g/mol. The average molecular weight is 308 g/mol. The Bertz CT molecular complexity index is 528. The molecule has 5 heteroatoms. The van der Waals surface area contributed by atoms with E-state index in [0.29, 0.717) is 19.6 Å². The first-order valence-electron chi connectivity index (χ1n) is 7.71. The highest BCUT2D eigenvalue weighted by Crippen LogP contribution is 2.17. The van der Waals surface area contributed by atoms with Gasteiger partial charge in [0.25, 0.3) is 0 Å². The van der Waals surface area contributed by atoms with Gasteiger partial charge in [-0.05, 0) is 45.4 Å². The van der Waals surface area contributed by atoms with Crippen molar-refractivity contribution in [1.29, 1.82) is 0 Å². The average Bonchev–Trinajstić information content (AvgIpc) is 2.39. The molecule has 0 bridgehead atoms. The van der Waals surface area contributed by atoms with E-state index in [2.05, 4.69) is 11.8 Å². The number of rotatable bonds is 2. The van der Waals surface area contributed by atoms with Crippen molar-refractivity contribution in [3.8, 4) is 0 Å². The van der Waals surface area contributed by atoms with Crippen LogP contribution in [0.25, 0.3) is 0 Å². The lowest BCUT2D eigenvalue weighted by Crippen LogP contribution is -2.54. The number of carbonyl (C=O) groups excluding carboxylic acids is 1. The van der Waals surface area contributed by atoms with E-state index in [0.717, 1.165) is 12.1 Å². The van der Waals surface area contributed by atoms with E-state index in [1.165, 1.54) is 6.07 Å². The minimum absolute atomic E-state index is 0.211. The molecule has 1 aromatic rings. The van der Waals surface area contributed by atoms with Crippen molar-refractivity contribution >= 4 is 6.09 Å². The molecule has 2 rings (SSSR count). The van der Waals surface area contributed by atoms with E-state index < -0.39 is 5.60 Å². The maximum atomic E-state index is 13.3. The molecule has 1 unspecified atom stereocenters. The van der Waals surface area contributed by atoms with Gasteiger partial charge in [-0.1, -0.05) is 12.1 Å². The smallest absolute Gasteiger partial charge is 0.410 e. The molecule has 1 amide bonds. The second-order valence-electron chi connectivity index (χ2n) is 6.88. The van der Waals surface area contributed by atoms with Crippen molar-refractivity contribution in [2.75, 3.05) is 19.6 Å². The maximum Gasteiger partial charge on any atom is 0.410 e. The number of halogens is 1. The lowest BCUT2D eigenvalue weighted by Gasteiger charge is -2.40. The second kappa shape index (κ2) is 6.65. The summed E-state index contributed by atoms with van der Waals surface area (Å²) in [5.74, 6) is -0.211. The van der Waals surface area contributed by atoms with Gasteiger partial charge in [0, 0.05) is 32.2 Å². The molecule has 0 radical (unpaired) electrons. The summed E-state index contributed by atoms with van der Waals surface area (Å²) in [6.45, 7) is 10.4. The van der Waals surface area contributed by atoms with E-state index >= 15 is 0 Å². The lowest BCUT2D eigenvalue weighted by molar-refractivity contribution is 0.00461. The van der Waals surface area contributed by atoms with Crippen LogP contribution < -0.4 is 0 Å². The van der Waals surface area contributed by atoms with E-state index in [1.807, 2.05) is 26.8 Å². The molecule has 22 heavy (non-hydrogen) atoms. The Labute approximate surface area is 131 Å². The van der Waals surface area contributed by atoms with Crippen molar-refractivity contribution in [3.05, 3.63) is 35.6 Å². The van der Waals surface area contributed by atoms with Crippen LogP contribution in [0.5, 0.6) is 0 Å². The number of piperazine rings is 1. The first-order chi connectivity index (χ1) is 10.2. The number of ether oxygens (including phenoxy) is 1. The van der Waals surface area contributed by atoms with Crippen molar-refractivity contribution < 1.29 is 13.9 Å². The van der Waals surface area contributed by atoms with Gasteiger partial charge in [0.1, 0.15) is 11.4 Å². The molecule has 0 aromatic heterocycles. The topological polar surface area (TPSA) is 32.8 Å². The number of amides is 1. The molecule has 0 N–H and O–H groups in total. The van der Waals surface area contributed by atoms with Gasteiger partial charge in [0.2, 0.25) is 0 Å². The third kappa shape index (κ3) is 4.70. The molecule has 0 aliphatic carbocycles. The molecule has 1 heterocycles. The standard InChI is InChI=1S/C17H25FN2O2/c1-13-11-20(16(21)22-17(2,3)4)9-8-19(13)12-14-6-5-7-15(18)10-14/h5-7,10,13H,8-9,11-12H2,1-4H3. The minimum Gasteiger partial charge on any atom is -0.444 e. The Hall–Kier alpha value is -1.62. The Morgan fingerprint density at radius 1 is 1.36 bits per heavy atom. The van der Waals surface area contributed by atoms with Gasteiger partial charge < -0.3 is 9.64 Å². The fourth-order valence-electron chi connectivity index (χ4n) is 2.59. The van der Waals surface area contributed by atoms with Crippen LogP contribution in [0.2, 0.25) is 0 Å². The zero-order valence-electron chi connectivity index (χ0n) is 13.8. The van der Waals surface area contributed by atoms with Crippen LogP contribution in [0, 0.1) is 5.82 Å². The SMILES string of the molecule is CC1CN(C(=O)OC(C)(C)C)CCN1Cc1cccc(F)c1. The summed E-state index contributed by atoms with van der Waals surface area (Å²) >= 11 is 0. The second-order valence-corrected chi connectivity index (χ2v) is 6.88. The van der Waals surface area contributed by atoms with Crippen LogP contribution in [-0.4, -0.2) is 47.2 Å². The van der Waals surface area contributed by atoms with Crippen molar-refractivity contribution in [2.24, 2.45) is 0 Å². The Morgan fingerprint density at radius 3 is 2.68 bits per heavy atom. The molecule has 1 atom stereocenters. The highest BCUT2D eigenvalue weighted by atomic mass is 19.1. The Balaban J connectivity index is 1.91. The number of hydrogen-bond acceptors (Lipinski definition) is 3. The van der Waals surface area contributed by atoms with Crippen LogP contribution in [0.3, 0.4) is 0 Å². The van der Waals surface area contributed by atoms with Crippen molar-refractivity contribution in [1.82, 2.24) is 9.80 Å². The molecular formula is C17H25FN2O2.